The Hall–Kier alpha value is -4.79. The van der Waals surface area contributed by atoms with Crippen molar-refractivity contribution in [2.24, 2.45) is 0 Å². The van der Waals surface area contributed by atoms with Crippen molar-refractivity contribution < 1.29 is 38.5 Å². The molecule has 0 bridgehead atoms. The quantitative estimate of drug-likeness (QED) is 0.209. The number of benzene rings is 3. The van der Waals surface area contributed by atoms with Gasteiger partial charge in [0.2, 0.25) is 6.10 Å². The zero-order chi connectivity index (χ0) is 28.0. The Kier molecular flexibility index (Phi) is 6.51. The van der Waals surface area contributed by atoms with Crippen molar-refractivity contribution in [2.75, 3.05) is 0 Å². The van der Waals surface area contributed by atoms with Crippen molar-refractivity contribution in [3.63, 3.8) is 0 Å². The number of hydrogen-bond donors (Lipinski definition) is 2. The molecule has 0 atom stereocenters. The Morgan fingerprint density at radius 2 is 1.62 bits per heavy atom. The summed E-state index contributed by atoms with van der Waals surface area (Å²) in [4.78, 5) is 61.7. The lowest BCUT2D eigenvalue weighted by Crippen LogP contribution is -2.28. The van der Waals surface area contributed by atoms with Crippen LogP contribution in [0.4, 0.5) is 0 Å². The monoisotopic (exact) mass is 528 g/mol. The van der Waals surface area contributed by atoms with Gasteiger partial charge in [0.25, 0.3) is 0 Å². The van der Waals surface area contributed by atoms with Gasteiger partial charge in [0.1, 0.15) is 17.1 Å². The third-order valence-electron chi connectivity index (χ3n) is 7.05. The van der Waals surface area contributed by atoms with Gasteiger partial charge in [-0.05, 0) is 48.2 Å². The number of aromatic hydroxyl groups is 1. The number of carboxylic acids is 1. The van der Waals surface area contributed by atoms with Crippen LogP contribution in [-0.4, -0.2) is 39.8 Å². The number of esters is 1. The molecule has 2 aromatic rings. The second-order valence-electron chi connectivity index (χ2n) is 9.40. The molecule has 9 nitrogen and oxygen atoms in total. The van der Waals surface area contributed by atoms with E-state index >= 15 is 0 Å². The average molecular weight is 529 g/mol. The van der Waals surface area contributed by atoms with E-state index in [2.05, 4.69) is 0 Å². The molecule has 2 N–H and O–H groups in total. The average Bonchev–Trinajstić information content (AvgIpc) is 3.22. The number of carbonyl (C=O) groups is 4. The third kappa shape index (κ3) is 4.46. The van der Waals surface area contributed by atoms with Gasteiger partial charge in [-0.1, -0.05) is 19.9 Å². The van der Waals surface area contributed by atoms with Crippen molar-refractivity contribution in [2.45, 2.75) is 45.6 Å². The summed E-state index contributed by atoms with van der Waals surface area (Å²) in [5.74, 6) is -3.10. The normalized spacial score (nSPS) is 13.9. The predicted molar refractivity (Wildman–Crippen MR) is 140 cm³/mol. The van der Waals surface area contributed by atoms with Crippen LogP contribution in [0.25, 0.3) is 33.4 Å². The number of carbonyl (C=O) groups excluding carboxylic acids is 3. The first-order valence-electron chi connectivity index (χ1n) is 12.5. The number of Topliss-reactive ketones (excluding diaryl/α,β-unsaturated/α-hetero) is 2. The lowest BCUT2D eigenvalue weighted by atomic mass is 9.88. The largest absolute Gasteiger partial charge is 0.508 e. The van der Waals surface area contributed by atoms with Crippen molar-refractivity contribution in [1.82, 2.24) is 0 Å². The molecule has 0 radical (unpaired) electrons. The second-order valence-corrected chi connectivity index (χ2v) is 9.40. The Bertz CT molecular complexity index is 1710. The molecule has 0 unspecified atom stereocenters. The second kappa shape index (κ2) is 9.83. The van der Waals surface area contributed by atoms with Gasteiger partial charge in [-0.2, -0.15) is 0 Å². The van der Waals surface area contributed by atoms with Crippen LogP contribution in [0.2, 0.25) is 0 Å². The van der Waals surface area contributed by atoms with E-state index < -0.39 is 29.6 Å². The molecule has 5 rings (SSSR count). The number of rotatable bonds is 6. The van der Waals surface area contributed by atoms with Crippen LogP contribution in [0.15, 0.2) is 51.7 Å². The summed E-state index contributed by atoms with van der Waals surface area (Å²) in [5.41, 5.74) is 1.94. The Labute approximate surface area is 222 Å². The van der Waals surface area contributed by atoms with Crippen molar-refractivity contribution in [3.05, 3.63) is 74.9 Å². The number of carboxylic acid groups (broad SMARTS) is 1. The van der Waals surface area contributed by atoms with Crippen LogP contribution in [0.3, 0.4) is 0 Å². The summed E-state index contributed by atoms with van der Waals surface area (Å²) < 4.78 is 11.1. The van der Waals surface area contributed by atoms with E-state index in [4.69, 9.17) is 9.15 Å². The predicted octanol–water partition coefficient (Wildman–Crippen LogP) is 4.55. The van der Waals surface area contributed by atoms with Crippen LogP contribution >= 0.6 is 0 Å². The van der Waals surface area contributed by atoms with E-state index in [9.17, 15) is 34.2 Å². The molecule has 1 heterocycles. The maximum atomic E-state index is 12.8. The smallest absolute Gasteiger partial charge is 0.339 e. The third-order valence-corrected chi connectivity index (χ3v) is 7.05. The molecule has 198 valence electrons. The lowest BCUT2D eigenvalue weighted by Gasteiger charge is -2.19. The fourth-order valence-corrected chi connectivity index (χ4v) is 4.95. The number of phenols is 1. The molecule has 0 saturated heterocycles. The Morgan fingerprint density at radius 3 is 2.26 bits per heavy atom. The summed E-state index contributed by atoms with van der Waals surface area (Å²) in [6.45, 7) is 3.69. The number of ether oxygens (including phenoxy) is 1. The summed E-state index contributed by atoms with van der Waals surface area (Å²) in [5, 5.41) is 21.1. The van der Waals surface area contributed by atoms with Gasteiger partial charge in [-0.3, -0.25) is 14.4 Å². The van der Waals surface area contributed by atoms with Crippen molar-refractivity contribution in [3.8, 4) is 28.2 Å². The van der Waals surface area contributed by atoms with Crippen molar-refractivity contribution in [1.29, 1.82) is 0 Å². The SMILES string of the molecule is CCc1cc2c(-c3ccc(C(=O)OC4C(=O)CCC4=O)cc3C(=O)O)c3cc(CC)c(=O)cc-3oc2cc1O. The molecule has 9 heteroatoms. The fraction of sp³-hybridized carbons (Fsp3) is 0.233. The van der Waals surface area contributed by atoms with Gasteiger partial charge >= 0.3 is 11.9 Å². The van der Waals surface area contributed by atoms with Gasteiger partial charge in [0, 0.05) is 47.1 Å². The van der Waals surface area contributed by atoms with E-state index in [0.29, 0.717) is 40.5 Å². The van der Waals surface area contributed by atoms with Crippen LogP contribution in [0.5, 0.6) is 5.75 Å². The number of aryl methyl sites for hydroxylation is 2. The highest BCUT2D eigenvalue weighted by molar-refractivity contribution is 6.13. The molecule has 1 aliphatic heterocycles. The molecular formula is C30H24O9. The van der Waals surface area contributed by atoms with Crippen LogP contribution in [-0.2, 0) is 27.2 Å². The fourth-order valence-electron chi connectivity index (χ4n) is 4.95. The molecule has 0 aromatic heterocycles. The number of fused-ring (bicyclic) bond motifs is 2. The first-order chi connectivity index (χ1) is 18.6. The topological polar surface area (TPSA) is 148 Å². The van der Waals surface area contributed by atoms with Crippen LogP contribution in [0, 0.1) is 0 Å². The minimum Gasteiger partial charge on any atom is -0.508 e. The van der Waals surface area contributed by atoms with Gasteiger partial charge in [-0.25, -0.2) is 9.59 Å². The number of phenolic OH excluding ortho intramolecular Hbond substituents is 1. The number of hydrogen-bond acceptors (Lipinski definition) is 8. The van der Waals surface area contributed by atoms with E-state index in [1.807, 2.05) is 13.8 Å². The molecule has 0 spiro atoms. The molecular weight excluding hydrogens is 504 g/mol. The van der Waals surface area contributed by atoms with E-state index in [-0.39, 0.29) is 52.1 Å². The Balaban J connectivity index is 1.75. The molecule has 0 amide bonds. The minimum absolute atomic E-state index is 0.000802. The maximum Gasteiger partial charge on any atom is 0.339 e. The lowest BCUT2D eigenvalue weighted by molar-refractivity contribution is -0.133. The Morgan fingerprint density at radius 1 is 0.923 bits per heavy atom. The van der Waals surface area contributed by atoms with E-state index in [0.717, 1.165) is 6.07 Å². The molecule has 3 aliphatic rings. The van der Waals surface area contributed by atoms with Gasteiger partial charge in [-0.15, -0.1) is 0 Å². The molecule has 1 saturated carbocycles. The molecule has 1 fully saturated rings. The zero-order valence-electron chi connectivity index (χ0n) is 21.2. The number of aromatic carboxylic acids is 1. The minimum atomic E-state index is -1.48. The summed E-state index contributed by atoms with van der Waals surface area (Å²) in [7, 11) is 0. The molecule has 39 heavy (non-hydrogen) atoms. The van der Waals surface area contributed by atoms with Crippen LogP contribution < -0.4 is 5.43 Å². The van der Waals surface area contributed by atoms with E-state index in [1.54, 1.807) is 12.1 Å². The highest BCUT2D eigenvalue weighted by atomic mass is 16.6. The highest BCUT2D eigenvalue weighted by Gasteiger charge is 2.36. The number of ketones is 2. The molecule has 2 aromatic carbocycles. The van der Waals surface area contributed by atoms with E-state index in [1.165, 1.54) is 24.3 Å². The standard InChI is InChI=1S/C30H24O9/c1-3-14-9-19-25(12-23(14)33)38-26-13-24(34)15(4-2)10-20(26)27(19)17-6-5-16(11-18(17)29(35)36)30(37)39-28-21(31)7-8-22(28)32/h5-6,9-13,28,33H,3-4,7-8H2,1-2H3,(H,35,36). The summed E-state index contributed by atoms with van der Waals surface area (Å²) in [6, 6.07) is 10.1. The summed E-state index contributed by atoms with van der Waals surface area (Å²) >= 11 is 0. The van der Waals surface area contributed by atoms with Crippen LogP contribution in [0.1, 0.15) is 58.5 Å². The molecule has 2 aliphatic carbocycles. The van der Waals surface area contributed by atoms with Gasteiger partial charge < -0.3 is 19.4 Å². The maximum absolute atomic E-state index is 12.8. The highest BCUT2D eigenvalue weighted by Crippen LogP contribution is 2.43. The van der Waals surface area contributed by atoms with Crippen molar-refractivity contribution >= 4 is 34.5 Å². The first kappa shape index (κ1) is 25.8. The zero-order valence-corrected chi connectivity index (χ0v) is 21.2. The summed E-state index contributed by atoms with van der Waals surface area (Å²) in [6.07, 6.45) is -0.557. The van der Waals surface area contributed by atoms with Gasteiger partial charge in [0.05, 0.1) is 11.1 Å². The first-order valence-corrected chi connectivity index (χ1v) is 12.5. The van der Waals surface area contributed by atoms with Gasteiger partial charge in [0.15, 0.2) is 17.0 Å².